The fourth-order valence-corrected chi connectivity index (χ4v) is 1.19. The van der Waals surface area contributed by atoms with Crippen molar-refractivity contribution in [3.63, 3.8) is 0 Å². The summed E-state index contributed by atoms with van der Waals surface area (Å²) < 4.78 is 0. The Morgan fingerprint density at radius 1 is 1.38 bits per heavy atom. The van der Waals surface area contributed by atoms with Crippen LogP contribution in [0, 0.1) is 0 Å². The number of hydrogen-bond donors (Lipinski definition) is 1. The lowest BCUT2D eigenvalue weighted by Gasteiger charge is -2.08. The topological polar surface area (TPSA) is 29.1 Å². The number of carbonyl (C=O) groups excluding carboxylic acids is 1. The average Bonchev–Trinajstić information content (AvgIpc) is 2.18. The van der Waals surface area contributed by atoms with Crippen LogP contribution in [0.5, 0.6) is 0 Å². The van der Waals surface area contributed by atoms with Crippen molar-refractivity contribution in [3.8, 4) is 0 Å². The third-order valence-electron chi connectivity index (χ3n) is 2.29. The summed E-state index contributed by atoms with van der Waals surface area (Å²) in [4.78, 5) is 10.0. The molecule has 0 aliphatic heterocycles. The van der Waals surface area contributed by atoms with Gasteiger partial charge in [0.15, 0.2) is 0 Å². The molecule has 0 aromatic heterocycles. The van der Waals surface area contributed by atoms with Gasteiger partial charge in [0.1, 0.15) is 0 Å². The van der Waals surface area contributed by atoms with E-state index in [1.807, 2.05) is 24.3 Å². The van der Waals surface area contributed by atoms with E-state index in [1.54, 1.807) is 6.41 Å². The lowest BCUT2D eigenvalue weighted by Crippen LogP contribution is -1.95. The van der Waals surface area contributed by atoms with E-state index in [0.717, 1.165) is 12.1 Å². The third kappa shape index (κ3) is 2.58. The summed E-state index contributed by atoms with van der Waals surface area (Å²) in [5, 5.41) is 2.49. The molecular formula is C11H14NO. The van der Waals surface area contributed by atoms with Gasteiger partial charge in [-0.2, -0.15) is 0 Å². The Balaban J connectivity index is 2.74. The Labute approximate surface area is 79.0 Å². The SMILES string of the molecule is CCC(C)c1ccc(N[C]=O)cc1. The van der Waals surface area contributed by atoms with Gasteiger partial charge in [-0.25, -0.2) is 0 Å². The summed E-state index contributed by atoms with van der Waals surface area (Å²) in [5.41, 5.74) is 2.10. The molecule has 1 amide bonds. The van der Waals surface area contributed by atoms with Gasteiger partial charge in [-0.3, -0.25) is 4.79 Å². The van der Waals surface area contributed by atoms with Crippen LogP contribution in [0.3, 0.4) is 0 Å². The zero-order chi connectivity index (χ0) is 9.68. The van der Waals surface area contributed by atoms with E-state index in [-0.39, 0.29) is 0 Å². The van der Waals surface area contributed by atoms with Gasteiger partial charge in [-0.05, 0) is 30.0 Å². The molecule has 1 aromatic carbocycles. The number of anilines is 1. The molecule has 1 aromatic rings. The highest BCUT2D eigenvalue weighted by Crippen LogP contribution is 2.19. The zero-order valence-electron chi connectivity index (χ0n) is 8.00. The van der Waals surface area contributed by atoms with Crippen molar-refractivity contribution in [1.82, 2.24) is 0 Å². The minimum absolute atomic E-state index is 0.578. The summed E-state index contributed by atoms with van der Waals surface area (Å²) in [6.45, 7) is 4.35. The van der Waals surface area contributed by atoms with Gasteiger partial charge in [0.2, 0.25) is 0 Å². The van der Waals surface area contributed by atoms with Crippen molar-refractivity contribution in [3.05, 3.63) is 29.8 Å². The molecule has 0 aliphatic rings. The summed E-state index contributed by atoms with van der Waals surface area (Å²) in [6.07, 6.45) is 2.78. The minimum atomic E-state index is 0.578. The van der Waals surface area contributed by atoms with Gasteiger partial charge < -0.3 is 5.32 Å². The van der Waals surface area contributed by atoms with Crippen LogP contribution in [0.4, 0.5) is 5.69 Å². The van der Waals surface area contributed by atoms with Crippen molar-refractivity contribution >= 4 is 12.1 Å². The van der Waals surface area contributed by atoms with Crippen LogP contribution in [0.1, 0.15) is 31.7 Å². The van der Waals surface area contributed by atoms with Crippen LogP contribution in [-0.2, 0) is 4.79 Å². The molecule has 13 heavy (non-hydrogen) atoms. The summed E-state index contributed by atoms with van der Waals surface area (Å²) >= 11 is 0. The normalized spacial score (nSPS) is 12.2. The molecule has 0 spiro atoms. The quantitative estimate of drug-likeness (QED) is 0.702. The Kier molecular flexibility index (Phi) is 3.50. The monoisotopic (exact) mass is 176 g/mol. The van der Waals surface area contributed by atoms with Crippen LogP contribution in [0.2, 0.25) is 0 Å². The number of nitrogens with one attached hydrogen (secondary N) is 1. The molecule has 0 saturated carbocycles. The molecule has 1 unspecified atom stereocenters. The maximum Gasteiger partial charge on any atom is 0.314 e. The Morgan fingerprint density at radius 3 is 2.46 bits per heavy atom. The van der Waals surface area contributed by atoms with E-state index in [0.29, 0.717) is 5.92 Å². The molecule has 69 valence electrons. The second-order valence-corrected chi connectivity index (χ2v) is 3.16. The van der Waals surface area contributed by atoms with Gasteiger partial charge in [-0.15, -0.1) is 0 Å². The van der Waals surface area contributed by atoms with Gasteiger partial charge in [-0.1, -0.05) is 26.0 Å². The first-order chi connectivity index (χ1) is 6.27. The average molecular weight is 176 g/mol. The Morgan fingerprint density at radius 2 is 2.00 bits per heavy atom. The molecule has 2 heteroatoms. The summed E-state index contributed by atoms with van der Waals surface area (Å²) in [5.74, 6) is 0.578. The molecule has 0 fully saturated rings. The molecule has 1 rings (SSSR count). The number of rotatable bonds is 4. The first-order valence-electron chi connectivity index (χ1n) is 4.51. The maximum atomic E-state index is 10.0. The van der Waals surface area contributed by atoms with E-state index < -0.39 is 0 Å². The summed E-state index contributed by atoms with van der Waals surface area (Å²) in [6, 6.07) is 7.86. The highest BCUT2D eigenvalue weighted by atomic mass is 16.1. The van der Waals surface area contributed by atoms with E-state index >= 15 is 0 Å². The van der Waals surface area contributed by atoms with Gasteiger partial charge >= 0.3 is 6.41 Å². The van der Waals surface area contributed by atoms with E-state index in [4.69, 9.17) is 0 Å². The van der Waals surface area contributed by atoms with Gasteiger partial charge in [0.05, 0.1) is 0 Å². The fourth-order valence-electron chi connectivity index (χ4n) is 1.19. The standard InChI is InChI=1S/C11H14NO/c1-3-9(2)10-4-6-11(7-5-10)12-8-13/h4-7,9H,3H2,1-2H3,(H,12,13). The first-order valence-corrected chi connectivity index (χ1v) is 4.51. The van der Waals surface area contributed by atoms with E-state index in [1.165, 1.54) is 5.56 Å². The van der Waals surface area contributed by atoms with Crippen LogP contribution in [0.15, 0.2) is 24.3 Å². The molecule has 1 atom stereocenters. The molecule has 1 radical (unpaired) electrons. The van der Waals surface area contributed by atoms with Crippen LogP contribution in [-0.4, -0.2) is 6.41 Å². The van der Waals surface area contributed by atoms with E-state index in [2.05, 4.69) is 19.2 Å². The molecule has 0 saturated heterocycles. The van der Waals surface area contributed by atoms with Gasteiger partial charge in [0.25, 0.3) is 0 Å². The zero-order valence-corrected chi connectivity index (χ0v) is 8.00. The Hall–Kier alpha value is -1.31. The first kappa shape index (κ1) is 9.78. The van der Waals surface area contributed by atoms with E-state index in [9.17, 15) is 4.79 Å². The van der Waals surface area contributed by atoms with Gasteiger partial charge in [0, 0.05) is 5.69 Å². The molecular weight excluding hydrogens is 162 g/mol. The third-order valence-corrected chi connectivity index (χ3v) is 2.29. The smallest absolute Gasteiger partial charge is 0.314 e. The van der Waals surface area contributed by atoms with Crippen molar-refractivity contribution in [2.75, 3.05) is 5.32 Å². The second kappa shape index (κ2) is 4.65. The second-order valence-electron chi connectivity index (χ2n) is 3.16. The predicted molar refractivity (Wildman–Crippen MR) is 54.5 cm³/mol. The van der Waals surface area contributed by atoms with Crippen molar-refractivity contribution in [1.29, 1.82) is 0 Å². The molecule has 0 aliphatic carbocycles. The predicted octanol–water partition coefficient (Wildman–Crippen LogP) is 2.68. The van der Waals surface area contributed by atoms with Crippen molar-refractivity contribution in [2.45, 2.75) is 26.2 Å². The minimum Gasteiger partial charge on any atom is -0.318 e. The molecule has 1 N–H and O–H groups in total. The number of benzene rings is 1. The fraction of sp³-hybridized carbons (Fsp3) is 0.364. The lowest BCUT2D eigenvalue weighted by atomic mass is 9.99. The maximum absolute atomic E-state index is 10.0. The van der Waals surface area contributed by atoms with Crippen LogP contribution in [0.25, 0.3) is 0 Å². The van der Waals surface area contributed by atoms with Crippen LogP contribution >= 0.6 is 0 Å². The molecule has 0 bridgehead atoms. The lowest BCUT2D eigenvalue weighted by molar-refractivity contribution is 0.561. The largest absolute Gasteiger partial charge is 0.318 e. The highest BCUT2D eigenvalue weighted by molar-refractivity contribution is 5.71. The molecule has 0 heterocycles. The van der Waals surface area contributed by atoms with Crippen LogP contribution < -0.4 is 5.32 Å². The number of hydrogen-bond acceptors (Lipinski definition) is 1. The highest BCUT2D eigenvalue weighted by Gasteiger charge is 2.01. The molecule has 2 nitrogen and oxygen atoms in total. The van der Waals surface area contributed by atoms with Crippen molar-refractivity contribution < 1.29 is 4.79 Å². The number of amides is 1. The summed E-state index contributed by atoms with van der Waals surface area (Å²) in [7, 11) is 0. The Bertz CT molecular complexity index is 266. The van der Waals surface area contributed by atoms with Crippen molar-refractivity contribution in [2.24, 2.45) is 0 Å².